The molecule has 5 nitrogen and oxygen atoms in total. The van der Waals surface area contributed by atoms with Gasteiger partial charge in [-0.1, -0.05) is 6.07 Å². The van der Waals surface area contributed by atoms with Gasteiger partial charge in [-0.15, -0.1) is 11.8 Å². The third kappa shape index (κ3) is 4.70. The van der Waals surface area contributed by atoms with Crippen LogP contribution >= 0.6 is 11.8 Å². The van der Waals surface area contributed by atoms with E-state index in [0.29, 0.717) is 22.7 Å². The highest BCUT2D eigenvalue weighted by Crippen LogP contribution is 2.30. The van der Waals surface area contributed by atoms with Crippen LogP contribution in [0, 0.1) is 12.7 Å². The maximum absolute atomic E-state index is 13.5. The van der Waals surface area contributed by atoms with E-state index in [2.05, 4.69) is 10.3 Å². The number of nitrogens with one attached hydrogen (secondary N) is 1. The van der Waals surface area contributed by atoms with Crippen molar-refractivity contribution in [1.29, 1.82) is 0 Å². The average Bonchev–Trinajstić information content (AvgIpc) is 3.21. The normalized spacial score (nSPS) is 11.0. The van der Waals surface area contributed by atoms with Crippen LogP contribution in [0.2, 0.25) is 0 Å². The molecule has 1 N–H and O–H groups in total. The van der Waals surface area contributed by atoms with Crippen LogP contribution in [0.15, 0.2) is 96.3 Å². The van der Waals surface area contributed by atoms with E-state index < -0.39 is 0 Å². The summed E-state index contributed by atoms with van der Waals surface area (Å²) in [4.78, 5) is 23.0. The summed E-state index contributed by atoms with van der Waals surface area (Å²) in [6.07, 6.45) is 5.48. The Bertz CT molecular complexity index is 1450. The van der Waals surface area contributed by atoms with Crippen molar-refractivity contribution in [1.82, 2.24) is 14.4 Å². The lowest BCUT2D eigenvalue weighted by Crippen LogP contribution is -2.14. The molecule has 5 aromatic rings. The number of hydrogen-bond donors (Lipinski definition) is 1. The molecule has 3 heterocycles. The minimum atomic E-state index is -0.324. The Kier molecular flexibility index (Phi) is 6.10. The molecule has 0 aliphatic rings. The number of hydrogen-bond acceptors (Lipinski definition) is 4. The Morgan fingerprint density at radius 2 is 1.85 bits per heavy atom. The number of carbonyl (C=O) groups is 1. The first kappa shape index (κ1) is 21.9. The number of carbonyl (C=O) groups excluding carboxylic acids is 1. The summed E-state index contributed by atoms with van der Waals surface area (Å²) in [5, 5.41) is 3.01. The molecule has 0 aliphatic carbocycles. The van der Waals surface area contributed by atoms with Gasteiger partial charge < -0.3 is 5.32 Å². The highest BCUT2D eigenvalue weighted by Gasteiger charge is 2.17. The van der Waals surface area contributed by atoms with Gasteiger partial charge in [-0.2, -0.15) is 0 Å². The van der Waals surface area contributed by atoms with Gasteiger partial charge in [-0.05, 0) is 84.8 Å². The summed E-state index contributed by atoms with van der Waals surface area (Å²) >= 11 is 1.69. The quantitative estimate of drug-likeness (QED) is 0.294. The fourth-order valence-corrected chi connectivity index (χ4v) is 4.44. The van der Waals surface area contributed by atoms with E-state index in [1.807, 2.05) is 72.2 Å². The molecule has 168 valence electrons. The summed E-state index contributed by atoms with van der Waals surface area (Å²) in [5.74, 6) is 0.786. The van der Waals surface area contributed by atoms with E-state index in [9.17, 15) is 9.18 Å². The van der Waals surface area contributed by atoms with Crippen molar-refractivity contribution in [3.8, 4) is 11.3 Å². The van der Waals surface area contributed by atoms with Gasteiger partial charge in [-0.3, -0.25) is 14.2 Å². The molecule has 0 radical (unpaired) electrons. The van der Waals surface area contributed by atoms with E-state index in [1.165, 1.54) is 12.1 Å². The first-order chi connectivity index (χ1) is 16.6. The Morgan fingerprint density at radius 1 is 1.06 bits per heavy atom. The number of fused-ring (bicyclic) bond motifs is 1. The molecule has 3 aromatic heterocycles. The van der Waals surface area contributed by atoms with Crippen molar-refractivity contribution in [3.63, 3.8) is 0 Å². The molecule has 0 aliphatic heterocycles. The Balaban J connectivity index is 1.39. The molecule has 1 amide bonds. The number of aromatic nitrogens is 3. The number of aryl methyl sites for hydroxylation is 1. The Morgan fingerprint density at radius 3 is 2.59 bits per heavy atom. The van der Waals surface area contributed by atoms with Crippen molar-refractivity contribution in [2.75, 3.05) is 5.32 Å². The van der Waals surface area contributed by atoms with Gasteiger partial charge in [0, 0.05) is 40.4 Å². The number of imidazole rings is 1. The zero-order valence-corrected chi connectivity index (χ0v) is 19.2. The van der Waals surface area contributed by atoms with Crippen LogP contribution in [0.4, 0.5) is 10.2 Å². The molecule has 0 spiro atoms. The zero-order valence-electron chi connectivity index (χ0n) is 18.4. The molecule has 0 saturated carbocycles. The summed E-state index contributed by atoms with van der Waals surface area (Å²) in [6, 6.07) is 21.5. The second kappa shape index (κ2) is 9.49. The number of benzene rings is 2. The predicted octanol–water partition coefficient (Wildman–Crippen LogP) is 6.39. The Hall–Kier alpha value is -3.97. The average molecular weight is 469 g/mol. The standard InChI is InChI=1S/C27H21FN4OS/c1-18-12-14-32-24(15-18)30-25(20-4-8-22(28)9-5-20)26(32)31-27(33)21-6-10-23(11-7-21)34-17-19-3-2-13-29-16-19/h2-16H,17H2,1H3,(H,31,33). The largest absolute Gasteiger partial charge is 0.306 e. The van der Waals surface area contributed by atoms with Crippen LogP contribution in [0.1, 0.15) is 21.5 Å². The first-order valence-electron chi connectivity index (χ1n) is 10.7. The number of amides is 1. The van der Waals surface area contributed by atoms with Crippen molar-refractivity contribution in [3.05, 3.63) is 114 Å². The topological polar surface area (TPSA) is 59.3 Å². The van der Waals surface area contributed by atoms with Crippen LogP contribution in [0.5, 0.6) is 0 Å². The van der Waals surface area contributed by atoms with Crippen LogP contribution in [0.25, 0.3) is 16.9 Å². The van der Waals surface area contributed by atoms with Crippen LogP contribution in [-0.2, 0) is 5.75 Å². The molecule has 34 heavy (non-hydrogen) atoms. The lowest BCUT2D eigenvalue weighted by Gasteiger charge is -2.09. The van der Waals surface area contributed by atoms with Crippen molar-refractivity contribution < 1.29 is 9.18 Å². The predicted molar refractivity (Wildman–Crippen MR) is 134 cm³/mol. The third-order valence-electron chi connectivity index (χ3n) is 5.38. The number of halogens is 1. The second-order valence-electron chi connectivity index (χ2n) is 7.88. The zero-order chi connectivity index (χ0) is 23.5. The van der Waals surface area contributed by atoms with E-state index in [0.717, 1.165) is 27.3 Å². The molecule has 0 atom stereocenters. The summed E-state index contributed by atoms with van der Waals surface area (Å²) in [6.45, 7) is 1.98. The second-order valence-corrected chi connectivity index (χ2v) is 8.93. The molecule has 0 saturated heterocycles. The summed E-state index contributed by atoms with van der Waals surface area (Å²) in [5.41, 5.74) is 4.75. The van der Waals surface area contributed by atoms with Gasteiger partial charge in [-0.25, -0.2) is 9.37 Å². The summed E-state index contributed by atoms with van der Waals surface area (Å²) < 4.78 is 15.3. The van der Waals surface area contributed by atoms with Gasteiger partial charge in [0.15, 0.2) is 0 Å². The SMILES string of the molecule is Cc1ccn2c(NC(=O)c3ccc(SCc4cccnc4)cc3)c(-c3ccc(F)cc3)nc2c1. The van der Waals surface area contributed by atoms with Crippen LogP contribution in [-0.4, -0.2) is 20.3 Å². The molecule has 5 rings (SSSR count). The van der Waals surface area contributed by atoms with E-state index in [1.54, 1.807) is 30.1 Å². The van der Waals surface area contributed by atoms with E-state index in [4.69, 9.17) is 4.98 Å². The molecule has 0 fully saturated rings. The Labute approximate surface area is 200 Å². The van der Waals surface area contributed by atoms with Crippen molar-refractivity contribution >= 4 is 29.1 Å². The number of pyridine rings is 2. The minimum Gasteiger partial charge on any atom is -0.306 e. The molecule has 0 bridgehead atoms. The number of nitrogens with zero attached hydrogens (tertiary/aromatic N) is 3. The van der Waals surface area contributed by atoms with Gasteiger partial charge in [0.25, 0.3) is 5.91 Å². The maximum atomic E-state index is 13.5. The van der Waals surface area contributed by atoms with Gasteiger partial charge in [0.05, 0.1) is 0 Å². The number of rotatable bonds is 6. The molecule has 0 unspecified atom stereocenters. The van der Waals surface area contributed by atoms with Gasteiger partial charge >= 0.3 is 0 Å². The minimum absolute atomic E-state index is 0.241. The molecule has 7 heteroatoms. The fraction of sp³-hybridized carbons (Fsp3) is 0.0741. The molecule has 2 aromatic carbocycles. The van der Waals surface area contributed by atoms with Gasteiger partial charge in [0.1, 0.15) is 23.0 Å². The smallest absolute Gasteiger partial charge is 0.256 e. The first-order valence-corrected chi connectivity index (χ1v) is 11.7. The number of anilines is 1. The van der Waals surface area contributed by atoms with Crippen molar-refractivity contribution in [2.24, 2.45) is 0 Å². The van der Waals surface area contributed by atoms with E-state index >= 15 is 0 Å². The highest BCUT2D eigenvalue weighted by atomic mass is 32.2. The molecular formula is C27H21FN4OS. The fourth-order valence-electron chi connectivity index (χ4n) is 3.61. The van der Waals surface area contributed by atoms with Crippen LogP contribution < -0.4 is 5.32 Å². The van der Waals surface area contributed by atoms with Gasteiger partial charge in [0.2, 0.25) is 0 Å². The maximum Gasteiger partial charge on any atom is 0.256 e. The highest BCUT2D eigenvalue weighted by molar-refractivity contribution is 7.98. The van der Waals surface area contributed by atoms with Crippen LogP contribution in [0.3, 0.4) is 0 Å². The monoisotopic (exact) mass is 468 g/mol. The summed E-state index contributed by atoms with van der Waals surface area (Å²) in [7, 11) is 0. The molecular weight excluding hydrogens is 447 g/mol. The van der Waals surface area contributed by atoms with E-state index in [-0.39, 0.29) is 11.7 Å². The third-order valence-corrected chi connectivity index (χ3v) is 6.46. The lowest BCUT2D eigenvalue weighted by atomic mass is 10.1. The lowest BCUT2D eigenvalue weighted by molar-refractivity contribution is 0.102. The van der Waals surface area contributed by atoms with Crippen molar-refractivity contribution in [2.45, 2.75) is 17.6 Å². The number of thioether (sulfide) groups is 1.